The van der Waals surface area contributed by atoms with Crippen molar-refractivity contribution in [1.82, 2.24) is 10.2 Å². The molecule has 0 amide bonds. The Morgan fingerprint density at radius 3 is 2.09 bits per heavy atom. The first-order valence-electron chi connectivity index (χ1n) is 6.02. The van der Waals surface area contributed by atoms with Crippen LogP contribution >= 0.6 is 24.8 Å². The summed E-state index contributed by atoms with van der Waals surface area (Å²) >= 11 is 0. The second-order valence-electron chi connectivity index (χ2n) is 4.48. The SMILES string of the molecule is Cl.Cl.Oc1cc(F)c(F)c(F)c1[C@H](C(F)F)N1CCNCC1. The molecule has 0 aromatic heterocycles. The largest absolute Gasteiger partial charge is 0.507 e. The molecule has 0 unspecified atom stereocenters. The van der Waals surface area contributed by atoms with Crippen LogP contribution in [0.3, 0.4) is 0 Å². The number of nitrogens with zero attached hydrogens (tertiary/aromatic N) is 1. The summed E-state index contributed by atoms with van der Waals surface area (Å²) in [4.78, 5) is 1.23. The summed E-state index contributed by atoms with van der Waals surface area (Å²) in [5.41, 5.74) is -0.902. The lowest BCUT2D eigenvalue weighted by atomic mass is 10.0. The van der Waals surface area contributed by atoms with Gasteiger partial charge in [-0.15, -0.1) is 24.8 Å². The lowest BCUT2D eigenvalue weighted by Gasteiger charge is -2.35. The standard InChI is InChI=1S/C12H13F5N2O.2ClH/c13-6-5-7(20)8(10(15)9(6)14)11(12(16)17)19-3-1-18-2-4-19;;/h5,11-12,18,20H,1-4H2;2*1H/t11-;;/m1../s1. The van der Waals surface area contributed by atoms with Gasteiger partial charge in [0.15, 0.2) is 17.5 Å². The number of phenols is 1. The minimum Gasteiger partial charge on any atom is -0.507 e. The Balaban J connectivity index is 0.00000220. The monoisotopic (exact) mass is 368 g/mol. The van der Waals surface area contributed by atoms with Gasteiger partial charge < -0.3 is 10.4 Å². The molecule has 1 aromatic carbocycles. The van der Waals surface area contributed by atoms with E-state index in [0.29, 0.717) is 19.2 Å². The van der Waals surface area contributed by atoms with Crippen molar-refractivity contribution in [3.05, 3.63) is 29.1 Å². The molecule has 1 aromatic rings. The van der Waals surface area contributed by atoms with Crippen LogP contribution < -0.4 is 5.32 Å². The lowest BCUT2D eigenvalue weighted by Crippen LogP contribution is -2.47. The molecule has 3 nitrogen and oxygen atoms in total. The zero-order valence-electron chi connectivity index (χ0n) is 11.2. The predicted octanol–water partition coefficient (Wildman–Crippen LogP) is 2.86. The third kappa shape index (κ3) is 4.13. The summed E-state index contributed by atoms with van der Waals surface area (Å²) in [6, 6.07) is -1.50. The maximum Gasteiger partial charge on any atom is 0.258 e. The van der Waals surface area contributed by atoms with Gasteiger partial charge in [0.05, 0.1) is 5.56 Å². The van der Waals surface area contributed by atoms with Gasteiger partial charge in [-0.1, -0.05) is 0 Å². The molecular formula is C12H15Cl2F5N2O. The molecule has 1 saturated heterocycles. The number of benzene rings is 1. The molecule has 1 atom stereocenters. The van der Waals surface area contributed by atoms with Crippen LogP contribution in [-0.2, 0) is 0 Å². The van der Waals surface area contributed by atoms with E-state index in [1.165, 1.54) is 4.90 Å². The molecule has 1 aliphatic heterocycles. The Morgan fingerprint density at radius 1 is 1.05 bits per heavy atom. The molecule has 1 aliphatic rings. The highest BCUT2D eigenvalue weighted by atomic mass is 35.5. The van der Waals surface area contributed by atoms with Gasteiger partial charge in [0.1, 0.15) is 11.8 Å². The second-order valence-corrected chi connectivity index (χ2v) is 4.48. The smallest absolute Gasteiger partial charge is 0.258 e. The fourth-order valence-electron chi connectivity index (χ4n) is 2.31. The highest BCUT2D eigenvalue weighted by Crippen LogP contribution is 2.37. The number of halogens is 7. The molecule has 1 heterocycles. The zero-order valence-corrected chi connectivity index (χ0v) is 12.8. The van der Waals surface area contributed by atoms with E-state index in [0.717, 1.165) is 0 Å². The summed E-state index contributed by atoms with van der Waals surface area (Å²) in [7, 11) is 0. The van der Waals surface area contributed by atoms with Gasteiger partial charge in [0, 0.05) is 32.2 Å². The third-order valence-corrected chi connectivity index (χ3v) is 3.26. The predicted molar refractivity (Wildman–Crippen MR) is 75.7 cm³/mol. The summed E-state index contributed by atoms with van der Waals surface area (Å²) in [6.07, 6.45) is -3.04. The minimum atomic E-state index is -3.04. The number of aromatic hydroxyl groups is 1. The fraction of sp³-hybridized carbons (Fsp3) is 0.500. The van der Waals surface area contributed by atoms with Crippen LogP contribution in [0.1, 0.15) is 11.6 Å². The molecule has 10 heteroatoms. The molecule has 2 rings (SSSR count). The van der Waals surface area contributed by atoms with E-state index in [2.05, 4.69) is 5.32 Å². The Bertz CT molecular complexity index is 501. The number of hydrogen-bond donors (Lipinski definition) is 2. The summed E-state index contributed by atoms with van der Waals surface area (Å²) < 4.78 is 66.3. The van der Waals surface area contributed by atoms with Crippen LogP contribution in [0.4, 0.5) is 22.0 Å². The third-order valence-electron chi connectivity index (χ3n) is 3.26. The van der Waals surface area contributed by atoms with Crippen molar-refractivity contribution in [2.45, 2.75) is 12.5 Å². The normalized spacial score (nSPS) is 16.8. The van der Waals surface area contributed by atoms with E-state index in [4.69, 9.17) is 0 Å². The van der Waals surface area contributed by atoms with Crippen LogP contribution in [-0.4, -0.2) is 42.6 Å². The van der Waals surface area contributed by atoms with Crippen molar-refractivity contribution in [3.8, 4) is 5.75 Å². The van der Waals surface area contributed by atoms with Crippen molar-refractivity contribution >= 4 is 24.8 Å². The molecule has 0 saturated carbocycles. The van der Waals surface area contributed by atoms with E-state index < -0.39 is 41.2 Å². The first kappa shape index (κ1) is 21.2. The molecule has 0 spiro atoms. The number of nitrogens with one attached hydrogen (secondary N) is 1. The average Bonchev–Trinajstić information content (AvgIpc) is 2.41. The molecular weight excluding hydrogens is 354 g/mol. The van der Waals surface area contributed by atoms with Crippen molar-refractivity contribution < 1.29 is 27.1 Å². The van der Waals surface area contributed by atoms with Gasteiger partial charge in [0.2, 0.25) is 0 Å². The van der Waals surface area contributed by atoms with Crippen LogP contribution in [0.15, 0.2) is 6.07 Å². The van der Waals surface area contributed by atoms with Gasteiger partial charge in [-0.3, -0.25) is 4.90 Å². The van der Waals surface area contributed by atoms with Crippen LogP contribution in [0.5, 0.6) is 5.75 Å². The zero-order chi connectivity index (χ0) is 14.9. The molecule has 22 heavy (non-hydrogen) atoms. The number of hydrogen-bond acceptors (Lipinski definition) is 3. The summed E-state index contributed by atoms with van der Waals surface area (Å²) in [5.74, 6) is -6.26. The van der Waals surface area contributed by atoms with E-state index in [1.807, 2.05) is 0 Å². The molecule has 128 valence electrons. The molecule has 1 fully saturated rings. The van der Waals surface area contributed by atoms with Crippen molar-refractivity contribution in [2.24, 2.45) is 0 Å². The van der Waals surface area contributed by atoms with E-state index in [-0.39, 0.29) is 37.9 Å². The van der Waals surface area contributed by atoms with Crippen LogP contribution in [0, 0.1) is 17.5 Å². The van der Waals surface area contributed by atoms with Crippen molar-refractivity contribution in [1.29, 1.82) is 0 Å². The Labute approximate surface area is 136 Å². The van der Waals surface area contributed by atoms with Crippen molar-refractivity contribution in [2.75, 3.05) is 26.2 Å². The average molecular weight is 369 g/mol. The maximum atomic E-state index is 13.7. The first-order chi connectivity index (χ1) is 9.43. The van der Waals surface area contributed by atoms with Gasteiger partial charge in [-0.2, -0.15) is 0 Å². The van der Waals surface area contributed by atoms with Crippen molar-refractivity contribution in [3.63, 3.8) is 0 Å². The van der Waals surface area contributed by atoms with Crippen LogP contribution in [0.2, 0.25) is 0 Å². The molecule has 2 N–H and O–H groups in total. The topological polar surface area (TPSA) is 35.5 Å². The van der Waals surface area contributed by atoms with Gasteiger partial charge >= 0.3 is 0 Å². The Kier molecular flexibility index (Phi) is 8.38. The first-order valence-corrected chi connectivity index (χ1v) is 6.02. The maximum absolute atomic E-state index is 13.7. The quantitative estimate of drug-likeness (QED) is 0.636. The number of rotatable bonds is 3. The highest BCUT2D eigenvalue weighted by molar-refractivity contribution is 5.85. The Morgan fingerprint density at radius 2 is 1.59 bits per heavy atom. The highest BCUT2D eigenvalue weighted by Gasteiger charge is 2.36. The Hall–Kier alpha value is -0.830. The fourth-order valence-corrected chi connectivity index (χ4v) is 2.31. The van der Waals surface area contributed by atoms with Gasteiger partial charge in [-0.05, 0) is 0 Å². The molecule has 0 aliphatic carbocycles. The van der Waals surface area contributed by atoms with E-state index >= 15 is 0 Å². The summed E-state index contributed by atoms with van der Waals surface area (Å²) in [6.45, 7) is 1.20. The van der Waals surface area contributed by atoms with E-state index in [9.17, 15) is 27.1 Å². The number of alkyl halides is 2. The molecule has 0 radical (unpaired) electrons. The van der Waals surface area contributed by atoms with E-state index in [1.54, 1.807) is 0 Å². The minimum absolute atomic E-state index is 0. The van der Waals surface area contributed by atoms with Gasteiger partial charge in [-0.25, -0.2) is 22.0 Å². The molecule has 0 bridgehead atoms. The number of piperazine rings is 1. The number of phenolic OH excluding ortho intramolecular Hbond substituents is 1. The van der Waals surface area contributed by atoms with Gasteiger partial charge in [0.25, 0.3) is 6.43 Å². The lowest BCUT2D eigenvalue weighted by molar-refractivity contribution is 0.0147. The summed E-state index contributed by atoms with van der Waals surface area (Å²) in [5, 5.41) is 12.5. The second kappa shape index (κ2) is 8.71. The van der Waals surface area contributed by atoms with Crippen LogP contribution in [0.25, 0.3) is 0 Å².